The number of halogens is 1. The van der Waals surface area contributed by atoms with Crippen molar-refractivity contribution in [3.63, 3.8) is 0 Å². The summed E-state index contributed by atoms with van der Waals surface area (Å²) in [5.74, 6) is 0. The van der Waals surface area contributed by atoms with Crippen molar-refractivity contribution in [1.29, 1.82) is 0 Å². The van der Waals surface area contributed by atoms with Crippen molar-refractivity contribution in [3.05, 3.63) is 50.9 Å². The third-order valence-electron chi connectivity index (χ3n) is 3.68. The Kier molecular flexibility index (Phi) is 4.73. The molecule has 0 radical (unpaired) electrons. The monoisotopic (exact) mass is 363 g/mol. The molecule has 0 amide bonds. The molecule has 0 spiro atoms. The SMILES string of the molecule is Nc1nc2c(s1)CCN(C/C=C/c1ccccc1Br)CC2. The van der Waals surface area contributed by atoms with Crippen LogP contribution in [0.25, 0.3) is 6.08 Å². The van der Waals surface area contributed by atoms with Crippen molar-refractivity contribution < 1.29 is 0 Å². The minimum absolute atomic E-state index is 0.710. The van der Waals surface area contributed by atoms with Crippen LogP contribution in [0.15, 0.2) is 34.8 Å². The Bertz CT molecular complexity index is 625. The first-order valence-electron chi connectivity index (χ1n) is 7.10. The van der Waals surface area contributed by atoms with E-state index >= 15 is 0 Å². The Morgan fingerprint density at radius 3 is 2.95 bits per heavy atom. The highest BCUT2D eigenvalue weighted by atomic mass is 79.9. The van der Waals surface area contributed by atoms with Crippen LogP contribution in [-0.4, -0.2) is 29.5 Å². The summed E-state index contributed by atoms with van der Waals surface area (Å²) in [6, 6.07) is 8.28. The summed E-state index contributed by atoms with van der Waals surface area (Å²) < 4.78 is 1.14. The van der Waals surface area contributed by atoms with Gasteiger partial charge < -0.3 is 5.73 Å². The van der Waals surface area contributed by atoms with Crippen molar-refractivity contribution in [1.82, 2.24) is 9.88 Å². The molecule has 21 heavy (non-hydrogen) atoms. The molecule has 3 rings (SSSR count). The third kappa shape index (κ3) is 3.73. The predicted molar refractivity (Wildman–Crippen MR) is 93.6 cm³/mol. The van der Waals surface area contributed by atoms with Crippen molar-refractivity contribution in [3.8, 4) is 0 Å². The van der Waals surface area contributed by atoms with E-state index in [1.807, 2.05) is 6.07 Å². The number of benzene rings is 1. The van der Waals surface area contributed by atoms with Crippen molar-refractivity contribution >= 4 is 38.5 Å². The quantitative estimate of drug-likeness (QED) is 0.905. The first-order valence-corrected chi connectivity index (χ1v) is 8.71. The average Bonchev–Trinajstić information content (AvgIpc) is 2.73. The molecule has 2 heterocycles. The van der Waals surface area contributed by atoms with Gasteiger partial charge in [-0.3, -0.25) is 4.90 Å². The zero-order chi connectivity index (χ0) is 14.7. The number of hydrogen-bond acceptors (Lipinski definition) is 4. The molecule has 2 N–H and O–H groups in total. The van der Waals surface area contributed by atoms with Crippen LogP contribution in [0.3, 0.4) is 0 Å². The number of nitrogens with zero attached hydrogens (tertiary/aromatic N) is 2. The standard InChI is InChI=1S/C16H18BrN3S/c17-13-6-2-1-4-12(13)5-3-9-20-10-7-14-15(8-11-20)21-16(18)19-14/h1-6H,7-11H2,(H2,18,19)/b5-3+. The van der Waals surface area contributed by atoms with E-state index < -0.39 is 0 Å². The Morgan fingerprint density at radius 1 is 1.29 bits per heavy atom. The maximum atomic E-state index is 5.78. The lowest BCUT2D eigenvalue weighted by atomic mass is 10.2. The van der Waals surface area contributed by atoms with E-state index in [2.05, 4.69) is 56.2 Å². The molecule has 110 valence electrons. The molecule has 3 nitrogen and oxygen atoms in total. The molecule has 1 aromatic heterocycles. The summed E-state index contributed by atoms with van der Waals surface area (Å²) in [5, 5.41) is 0.710. The summed E-state index contributed by atoms with van der Waals surface area (Å²) >= 11 is 5.22. The van der Waals surface area contributed by atoms with E-state index in [1.165, 1.54) is 16.1 Å². The van der Waals surface area contributed by atoms with Crippen LogP contribution in [0.4, 0.5) is 5.13 Å². The fourth-order valence-corrected chi connectivity index (χ4v) is 3.84. The number of nitrogens with two attached hydrogens (primary N) is 1. The minimum Gasteiger partial charge on any atom is -0.375 e. The van der Waals surface area contributed by atoms with Crippen LogP contribution in [0, 0.1) is 0 Å². The second-order valence-corrected chi connectivity index (χ2v) is 7.12. The van der Waals surface area contributed by atoms with Gasteiger partial charge in [0.05, 0.1) is 5.69 Å². The molecule has 5 heteroatoms. The Balaban J connectivity index is 1.58. The molecule has 0 fully saturated rings. The summed E-state index contributed by atoms with van der Waals surface area (Å²) in [6.07, 6.45) is 6.49. The summed E-state index contributed by atoms with van der Waals surface area (Å²) in [5.41, 5.74) is 8.21. The topological polar surface area (TPSA) is 42.1 Å². The van der Waals surface area contributed by atoms with Gasteiger partial charge in [-0.2, -0.15) is 0 Å². The van der Waals surface area contributed by atoms with Crippen LogP contribution in [0.2, 0.25) is 0 Å². The molecule has 0 bridgehead atoms. The van der Waals surface area contributed by atoms with Crippen LogP contribution in [0.5, 0.6) is 0 Å². The second-order valence-electron chi connectivity index (χ2n) is 5.15. The average molecular weight is 364 g/mol. The predicted octanol–water partition coefficient (Wildman–Crippen LogP) is 3.60. The Morgan fingerprint density at radius 2 is 2.10 bits per heavy atom. The molecule has 1 aliphatic rings. The van der Waals surface area contributed by atoms with Gasteiger partial charge in [-0.15, -0.1) is 11.3 Å². The van der Waals surface area contributed by atoms with Crippen LogP contribution in [0.1, 0.15) is 16.1 Å². The number of fused-ring (bicyclic) bond motifs is 1. The maximum Gasteiger partial charge on any atom is 0.180 e. The number of thiazole rings is 1. The largest absolute Gasteiger partial charge is 0.375 e. The molecule has 1 aromatic carbocycles. The van der Waals surface area contributed by atoms with Gasteiger partial charge in [0.2, 0.25) is 0 Å². The fourth-order valence-electron chi connectivity index (χ4n) is 2.55. The molecule has 0 aliphatic carbocycles. The van der Waals surface area contributed by atoms with E-state index in [0.29, 0.717) is 5.13 Å². The number of aromatic nitrogens is 1. The lowest BCUT2D eigenvalue weighted by Gasteiger charge is -2.17. The second kappa shape index (κ2) is 6.73. The molecule has 1 aliphatic heterocycles. The van der Waals surface area contributed by atoms with Gasteiger partial charge in [-0.25, -0.2) is 4.98 Å². The normalized spacial score (nSPS) is 16.0. The molecule has 0 saturated heterocycles. The molecular formula is C16H18BrN3S. The minimum atomic E-state index is 0.710. The molecule has 0 saturated carbocycles. The van der Waals surface area contributed by atoms with E-state index in [-0.39, 0.29) is 0 Å². The van der Waals surface area contributed by atoms with Gasteiger partial charge in [0.1, 0.15) is 0 Å². The fraction of sp³-hybridized carbons (Fsp3) is 0.312. The van der Waals surface area contributed by atoms with E-state index in [4.69, 9.17) is 5.73 Å². The number of anilines is 1. The number of rotatable bonds is 3. The molecule has 0 atom stereocenters. The van der Waals surface area contributed by atoms with Crippen molar-refractivity contribution in [2.45, 2.75) is 12.8 Å². The summed E-state index contributed by atoms with van der Waals surface area (Å²) in [6.45, 7) is 3.11. The Labute approximate surface area is 137 Å². The lowest BCUT2D eigenvalue weighted by molar-refractivity contribution is 0.318. The van der Waals surface area contributed by atoms with Gasteiger partial charge in [-0.1, -0.05) is 46.3 Å². The van der Waals surface area contributed by atoms with Crippen molar-refractivity contribution in [2.24, 2.45) is 0 Å². The van der Waals surface area contributed by atoms with Gasteiger partial charge in [0, 0.05) is 35.4 Å². The van der Waals surface area contributed by atoms with E-state index in [1.54, 1.807) is 11.3 Å². The zero-order valence-corrected chi connectivity index (χ0v) is 14.2. The third-order valence-corrected chi connectivity index (χ3v) is 5.39. The highest BCUT2D eigenvalue weighted by molar-refractivity contribution is 9.10. The molecule has 2 aromatic rings. The lowest BCUT2D eigenvalue weighted by Crippen LogP contribution is -2.26. The number of hydrogen-bond donors (Lipinski definition) is 1. The highest BCUT2D eigenvalue weighted by Gasteiger charge is 2.16. The summed E-state index contributed by atoms with van der Waals surface area (Å²) in [7, 11) is 0. The van der Waals surface area contributed by atoms with Gasteiger partial charge >= 0.3 is 0 Å². The number of nitrogen functional groups attached to an aromatic ring is 1. The van der Waals surface area contributed by atoms with E-state index in [0.717, 1.165) is 36.9 Å². The van der Waals surface area contributed by atoms with Crippen LogP contribution >= 0.6 is 27.3 Å². The van der Waals surface area contributed by atoms with Gasteiger partial charge in [0.25, 0.3) is 0 Å². The van der Waals surface area contributed by atoms with Crippen molar-refractivity contribution in [2.75, 3.05) is 25.4 Å². The van der Waals surface area contributed by atoms with Crippen LogP contribution in [-0.2, 0) is 12.8 Å². The van der Waals surface area contributed by atoms with Gasteiger partial charge in [-0.05, 0) is 18.1 Å². The van der Waals surface area contributed by atoms with E-state index in [9.17, 15) is 0 Å². The Hall–Kier alpha value is -1.17. The maximum absolute atomic E-state index is 5.78. The van der Waals surface area contributed by atoms with Gasteiger partial charge in [0.15, 0.2) is 5.13 Å². The zero-order valence-electron chi connectivity index (χ0n) is 11.8. The highest BCUT2D eigenvalue weighted by Crippen LogP contribution is 2.24. The molecular weight excluding hydrogens is 346 g/mol. The smallest absolute Gasteiger partial charge is 0.180 e. The first-order chi connectivity index (χ1) is 10.2. The first kappa shape index (κ1) is 14.8. The summed E-state index contributed by atoms with van der Waals surface area (Å²) in [4.78, 5) is 8.27. The van der Waals surface area contributed by atoms with Crippen LogP contribution < -0.4 is 5.73 Å². The molecule has 0 unspecified atom stereocenters.